The van der Waals surface area contributed by atoms with Gasteiger partial charge in [0.2, 0.25) is 0 Å². The summed E-state index contributed by atoms with van der Waals surface area (Å²) in [6, 6.07) is 0. The minimum Gasteiger partial charge on any atom is -0.242 e. The van der Waals surface area contributed by atoms with Crippen LogP contribution in [-0.4, -0.2) is 36.2 Å². The van der Waals surface area contributed by atoms with E-state index in [-0.39, 0.29) is 5.69 Å². The molecular weight excluding hydrogens is 279 g/mol. The second-order valence-electron chi connectivity index (χ2n) is 2.77. The summed E-state index contributed by atoms with van der Waals surface area (Å²) in [6.45, 7) is 0. The van der Waals surface area contributed by atoms with Crippen LogP contribution in [0.25, 0.3) is 0 Å². The Hall–Kier alpha value is -0.0500. The van der Waals surface area contributed by atoms with Crippen molar-refractivity contribution in [2.75, 3.05) is 18.8 Å². The van der Waals surface area contributed by atoms with Gasteiger partial charge in [-0.3, -0.25) is 0 Å². The molecule has 0 bridgehead atoms. The van der Waals surface area contributed by atoms with Crippen molar-refractivity contribution in [3.05, 3.63) is 10.5 Å². The summed E-state index contributed by atoms with van der Waals surface area (Å²) >= 11 is 1.81. The summed E-state index contributed by atoms with van der Waals surface area (Å²) in [5.74, 6) is 0. The maximum Gasteiger partial charge on any atom is 0.382 e. The van der Waals surface area contributed by atoms with Gasteiger partial charge in [-0.25, -0.2) is 4.79 Å². The van der Waals surface area contributed by atoms with Crippen LogP contribution in [0.4, 0.5) is 0 Å². The Labute approximate surface area is 79.7 Å². The molecule has 0 unspecified atom stereocenters. The van der Waals surface area contributed by atoms with Crippen LogP contribution >= 0.6 is 33.1 Å². The molecule has 0 aliphatic carbocycles. The quantitative estimate of drug-likeness (QED) is 0.688. The molecule has 5 nitrogen and oxygen atoms in total. The van der Waals surface area contributed by atoms with Crippen molar-refractivity contribution in [3.8, 4) is 0 Å². The van der Waals surface area contributed by atoms with Crippen molar-refractivity contribution in [2.45, 2.75) is 0 Å². The van der Waals surface area contributed by atoms with Crippen LogP contribution in [0.5, 0.6) is 0 Å². The van der Waals surface area contributed by atoms with Gasteiger partial charge in [-0.2, -0.15) is 4.09 Å². The first-order chi connectivity index (χ1) is 4.93. The van der Waals surface area contributed by atoms with Gasteiger partial charge in [0.05, 0.1) is 22.9 Å². The number of halogens is 1. The van der Waals surface area contributed by atoms with Crippen molar-refractivity contribution in [2.24, 2.45) is 0 Å². The van der Waals surface area contributed by atoms with Gasteiger partial charge < -0.3 is 0 Å². The molecule has 0 radical (unpaired) electrons. The van der Waals surface area contributed by atoms with Crippen molar-refractivity contribution >= 4 is 33.1 Å². The fourth-order valence-electron chi connectivity index (χ4n) is 0.562. The summed E-state index contributed by atoms with van der Waals surface area (Å²) in [5, 5.41) is 7.34. The zero-order chi connectivity index (χ0) is 8.65. The zero-order valence-corrected chi connectivity index (χ0v) is 9.46. The van der Waals surface area contributed by atoms with Crippen LogP contribution in [0.3, 0.4) is 0 Å². The lowest BCUT2D eigenvalue weighted by atomic mass is 11.4. The van der Waals surface area contributed by atoms with Crippen LogP contribution in [-0.2, 0) is 0 Å². The van der Waals surface area contributed by atoms with Gasteiger partial charge in [-0.15, -0.1) is 13.1 Å². The van der Waals surface area contributed by atoms with Crippen LogP contribution in [0, 0.1) is 0 Å². The highest BCUT2D eigenvalue weighted by molar-refractivity contribution is 14.1. The van der Waals surface area contributed by atoms with Gasteiger partial charge in [-0.05, 0) is 29.2 Å². The molecule has 1 rings (SSSR count). The topological polar surface area (TPSA) is 52.7 Å². The summed E-state index contributed by atoms with van der Waals surface area (Å²) < 4.78 is 2.63. The van der Waals surface area contributed by atoms with E-state index in [4.69, 9.17) is 0 Å². The number of rotatable bonds is 1. The minimum atomic E-state index is -1.11. The lowest BCUT2D eigenvalue weighted by Crippen LogP contribution is -2.23. The minimum absolute atomic E-state index is 0.159. The Morgan fingerprint density at radius 2 is 1.91 bits per heavy atom. The zero-order valence-electron chi connectivity index (χ0n) is 6.48. The number of hydrogen-bond acceptors (Lipinski definition) is 3. The molecule has 0 spiro atoms. The van der Waals surface area contributed by atoms with Crippen LogP contribution in [0.1, 0.15) is 0 Å². The average molecular weight is 288 g/mol. The lowest BCUT2D eigenvalue weighted by molar-refractivity contribution is 0.839. The third-order valence-corrected chi connectivity index (χ3v) is 2.91. The van der Waals surface area contributed by atoms with E-state index in [0.29, 0.717) is 0 Å². The van der Waals surface area contributed by atoms with Crippen molar-refractivity contribution < 1.29 is 0 Å². The highest BCUT2D eigenvalue weighted by Crippen LogP contribution is 2.32. The van der Waals surface area contributed by atoms with Gasteiger partial charge in [0.15, 0.2) is 0 Å². The summed E-state index contributed by atoms with van der Waals surface area (Å²) in [7, 11) is -1.11. The van der Waals surface area contributed by atoms with Gasteiger partial charge in [-0.1, -0.05) is 0 Å². The highest BCUT2D eigenvalue weighted by atomic mass is 127. The number of aromatic nitrogens is 4. The molecule has 0 fully saturated rings. The Balaban J connectivity index is 3.27. The lowest BCUT2D eigenvalue weighted by Gasteiger charge is -2.22. The Bertz CT molecular complexity index is 311. The molecule has 0 saturated heterocycles. The van der Waals surface area contributed by atoms with Gasteiger partial charge in [0.25, 0.3) is 0 Å². The summed E-state index contributed by atoms with van der Waals surface area (Å²) in [4.78, 5) is 11.2. The maximum atomic E-state index is 11.2. The molecule has 7 heteroatoms. The second kappa shape index (κ2) is 2.77. The summed E-state index contributed by atoms with van der Waals surface area (Å²) in [5.41, 5.74) is -0.159. The number of nitrogens with zero attached hydrogens (tertiary/aromatic N) is 4. The molecule has 0 aromatic carbocycles. The Kier molecular flexibility index (Phi) is 2.28. The predicted octanol–water partition coefficient (Wildman–Crippen LogP) is 0.0950. The smallest absolute Gasteiger partial charge is 0.242 e. The number of hydrogen-bond donors (Lipinski definition) is 0. The molecule has 0 N–H and O–H groups in total. The maximum absolute atomic E-state index is 11.2. The van der Waals surface area contributed by atoms with E-state index in [1.807, 2.05) is 41.6 Å². The monoisotopic (exact) mass is 288 g/mol. The molecule has 11 heavy (non-hydrogen) atoms. The normalized spacial score (nSPS) is 13.5. The number of tetrazole rings is 1. The van der Waals surface area contributed by atoms with Crippen molar-refractivity contribution in [3.63, 3.8) is 0 Å². The van der Waals surface area contributed by atoms with E-state index in [2.05, 4.69) is 10.4 Å². The van der Waals surface area contributed by atoms with E-state index >= 15 is 0 Å². The largest absolute Gasteiger partial charge is 0.382 e. The van der Waals surface area contributed by atoms with Gasteiger partial charge in [0.1, 0.15) is 0 Å². The molecule has 64 valence electrons. The molecule has 0 amide bonds. The molecule has 1 aromatic heterocycles. The molecule has 0 aliphatic rings. The van der Waals surface area contributed by atoms with Crippen LogP contribution in [0.15, 0.2) is 4.79 Å². The van der Waals surface area contributed by atoms with Crippen LogP contribution in [0.2, 0.25) is 0 Å². The average Bonchev–Trinajstić information content (AvgIpc) is 2.11. The highest BCUT2D eigenvalue weighted by Gasteiger charge is 2.13. The third-order valence-electron chi connectivity index (χ3n) is 1.04. The fraction of sp³-hybridized carbons (Fsp3) is 0.750. The van der Waals surface area contributed by atoms with E-state index < -0.39 is 10.2 Å². The Morgan fingerprint density at radius 3 is 2.09 bits per heavy atom. The van der Waals surface area contributed by atoms with E-state index in [1.165, 1.54) is 6.98 Å². The van der Waals surface area contributed by atoms with Gasteiger partial charge >= 0.3 is 5.69 Å². The summed E-state index contributed by atoms with van der Waals surface area (Å²) in [6.07, 6.45) is 5.96. The second-order valence-corrected chi connectivity index (χ2v) is 7.57. The van der Waals surface area contributed by atoms with Crippen LogP contribution < -0.4 is 5.69 Å². The van der Waals surface area contributed by atoms with E-state index in [9.17, 15) is 4.79 Å². The Morgan fingerprint density at radius 1 is 1.36 bits per heavy atom. The standard InChI is InChI=1S/C4H9IN4OS/c1-11(2,3)9-4(10)8(5)6-7-9/h1-3H3. The first kappa shape index (κ1) is 9.04. The van der Waals surface area contributed by atoms with E-state index in [0.717, 1.165) is 0 Å². The van der Waals surface area contributed by atoms with Gasteiger partial charge in [0, 0.05) is 0 Å². The fourth-order valence-corrected chi connectivity index (χ4v) is 1.80. The molecule has 1 aromatic rings. The molecule has 0 saturated carbocycles. The van der Waals surface area contributed by atoms with Crippen molar-refractivity contribution in [1.29, 1.82) is 0 Å². The van der Waals surface area contributed by atoms with Crippen molar-refractivity contribution in [1.82, 2.24) is 17.4 Å². The molecule has 0 aliphatic heterocycles. The molecular formula is C4H9IN4OS. The molecule has 1 heterocycles. The SMILES string of the molecule is CS(C)(C)n1nnn(I)c1=O. The van der Waals surface area contributed by atoms with E-state index in [1.54, 1.807) is 0 Å². The third kappa shape index (κ3) is 1.75. The molecule has 0 atom stereocenters. The first-order valence-corrected chi connectivity index (χ1v) is 6.61. The predicted molar refractivity (Wildman–Crippen MR) is 54.5 cm³/mol. The first-order valence-electron chi connectivity index (χ1n) is 2.83.